The maximum absolute atomic E-state index is 12.4. The molecule has 0 aliphatic carbocycles. The lowest BCUT2D eigenvalue weighted by atomic mass is 9.99. The summed E-state index contributed by atoms with van der Waals surface area (Å²) in [4.78, 5) is 42.7. The second kappa shape index (κ2) is 35.1. The van der Waals surface area contributed by atoms with Crippen LogP contribution in [-0.4, -0.2) is 41.0 Å². The van der Waals surface area contributed by atoms with E-state index in [1.165, 1.54) is 141 Å². The molecule has 0 rings (SSSR count). The third-order valence-electron chi connectivity index (χ3n) is 10.2. The summed E-state index contributed by atoms with van der Waals surface area (Å²) in [6.07, 6.45) is 34.1. The number of hydrogen-bond donors (Lipinski definition) is 2. The Labute approximate surface area is 308 Å². The van der Waals surface area contributed by atoms with Gasteiger partial charge in [0.2, 0.25) is 0 Å². The quantitative estimate of drug-likeness (QED) is 0.0366. The number of hydrogen-bond acceptors (Lipinski definition) is 6. The standard InChI is InChI=1S/C41H81O8P/c1-5-37(3)31-27-23-19-17-15-13-11-9-7-8-10-12-14-16-18-20-26-30-34-41(43)49-39(36-48-50(44,45)46)35-47-40(42)33-29-25-22-21-24-28-32-38(4)6-2/h37-39H,5-36H2,1-4H3,(H2,44,45,46)/t37?,38?,39-/m1/s1. The van der Waals surface area contributed by atoms with Gasteiger partial charge < -0.3 is 19.3 Å². The lowest BCUT2D eigenvalue weighted by Crippen LogP contribution is -2.29. The molecule has 9 heteroatoms. The zero-order chi connectivity index (χ0) is 37.1. The molecule has 0 aliphatic heterocycles. The Morgan fingerprint density at radius 3 is 1.16 bits per heavy atom. The van der Waals surface area contributed by atoms with Gasteiger partial charge in [0.25, 0.3) is 0 Å². The van der Waals surface area contributed by atoms with Crippen molar-refractivity contribution in [1.82, 2.24) is 0 Å². The number of carbonyl (C=O) groups is 2. The van der Waals surface area contributed by atoms with E-state index in [0.717, 1.165) is 43.9 Å². The van der Waals surface area contributed by atoms with E-state index in [1.807, 2.05) is 0 Å². The summed E-state index contributed by atoms with van der Waals surface area (Å²) in [5.41, 5.74) is 0. The fraction of sp³-hybridized carbons (Fsp3) is 0.951. The van der Waals surface area contributed by atoms with Crippen LogP contribution in [-0.2, 0) is 28.2 Å². The summed E-state index contributed by atoms with van der Waals surface area (Å²) >= 11 is 0. The molecule has 3 atom stereocenters. The van der Waals surface area contributed by atoms with Crippen LogP contribution in [0.5, 0.6) is 0 Å². The molecule has 0 bridgehead atoms. The number of ether oxygens (including phenoxy) is 2. The first kappa shape index (κ1) is 49.0. The molecule has 0 saturated heterocycles. The molecule has 0 amide bonds. The number of esters is 2. The van der Waals surface area contributed by atoms with Crippen LogP contribution in [0.4, 0.5) is 0 Å². The Bertz CT molecular complexity index is 816. The minimum atomic E-state index is -4.74. The molecule has 0 aliphatic rings. The Balaban J connectivity index is 3.81. The number of unbranched alkanes of at least 4 members (excludes halogenated alkanes) is 22. The zero-order valence-corrected chi connectivity index (χ0v) is 34.0. The van der Waals surface area contributed by atoms with E-state index < -0.39 is 32.5 Å². The molecule has 298 valence electrons. The van der Waals surface area contributed by atoms with Crippen LogP contribution in [0.15, 0.2) is 0 Å². The minimum Gasteiger partial charge on any atom is -0.462 e. The molecule has 0 radical (unpaired) electrons. The van der Waals surface area contributed by atoms with Gasteiger partial charge in [-0.3, -0.25) is 14.1 Å². The van der Waals surface area contributed by atoms with Gasteiger partial charge in [-0.05, 0) is 24.7 Å². The third kappa shape index (κ3) is 36.8. The fourth-order valence-corrected chi connectivity index (χ4v) is 6.63. The van der Waals surface area contributed by atoms with Crippen LogP contribution in [0.3, 0.4) is 0 Å². The largest absolute Gasteiger partial charge is 0.469 e. The first-order valence-electron chi connectivity index (χ1n) is 21.1. The molecule has 0 saturated carbocycles. The van der Waals surface area contributed by atoms with Crippen LogP contribution < -0.4 is 0 Å². The molecular formula is C41H81O8P. The summed E-state index contributed by atoms with van der Waals surface area (Å²) in [5.74, 6) is 0.814. The number of phosphoric acid groups is 1. The second-order valence-corrected chi connectivity index (χ2v) is 16.4. The van der Waals surface area contributed by atoms with Crippen LogP contribution in [0.25, 0.3) is 0 Å². The van der Waals surface area contributed by atoms with E-state index in [4.69, 9.17) is 19.3 Å². The van der Waals surface area contributed by atoms with Gasteiger partial charge in [-0.15, -0.1) is 0 Å². The molecule has 0 aromatic carbocycles. The lowest BCUT2D eigenvalue weighted by Gasteiger charge is -2.18. The van der Waals surface area contributed by atoms with E-state index in [0.29, 0.717) is 6.42 Å². The van der Waals surface area contributed by atoms with E-state index >= 15 is 0 Å². The maximum Gasteiger partial charge on any atom is 0.469 e. The summed E-state index contributed by atoms with van der Waals surface area (Å²) < 4.78 is 26.3. The van der Waals surface area contributed by atoms with Crippen molar-refractivity contribution in [2.75, 3.05) is 13.2 Å². The van der Waals surface area contributed by atoms with Gasteiger partial charge in [-0.1, -0.05) is 195 Å². The predicted molar refractivity (Wildman–Crippen MR) is 207 cm³/mol. The Hall–Kier alpha value is -0.950. The molecule has 2 N–H and O–H groups in total. The van der Waals surface area contributed by atoms with Crippen molar-refractivity contribution < 1.29 is 37.9 Å². The molecule has 0 aromatic heterocycles. The molecule has 0 spiro atoms. The van der Waals surface area contributed by atoms with E-state index in [9.17, 15) is 14.2 Å². The lowest BCUT2D eigenvalue weighted by molar-refractivity contribution is -0.161. The van der Waals surface area contributed by atoms with Gasteiger partial charge in [0.15, 0.2) is 6.10 Å². The zero-order valence-electron chi connectivity index (χ0n) is 33.2. The highest BCUT2D eigenvalue weighted by molar-refractivity contribution is 7.46. The smallest absolute Gasteiger partial charge is 0.462 e. The van der Waals surface area contributed by atoms with Crippen molar-refractivity contribution in [3.63, 3.8) is 0 Å². The number of phosphoric ester groups is 1. The highest BCUT2D eigenvalue weighted by Crippen LogP contribution is 2.36. The van der Waals surface area contributed by atoms with Crippen LogP contribution in [0.2, 0.25) is 0 Å². The molecule has 2 unspecified atom stereocenters. The van der Waals surface area contributed by atoms with Gasteiger partial charge in [-0.25, -0.2) is 4.57 Å². The van der Waals surface area contributed by atoms with Gasteiger partial charge in [0.05, 0.1) is 6.61 Å². The normalized spacial score (nSPS) is 13.6. The fourth-order valence-electron chi connectivity index (χ4n) is 6.27. The van der Waals surface area contributed by atoms with E-state index in [2.05, 4.69) is 32.2 Å². The summed E-state index contributed by atoms with van der Waals surface area (Å²) in [7, 11) is -4.74. The molecule has 0 fully saturated rings. The molecular weight excluding hydrogens is 651 g/mol. The third-order valence-corrected chi connectivity index (χ3v) is 10.7. The number of carbonyl (C=O) groups excluding carboxylic acids is 2. The van der Waals surface area contributed by atoms with Crippen LogP contribution in [0.1, 0.15) is 220 Å². The Morgan fingerprint density at radius 2 is 0.820 bits per heavy atom. The van der Waals surface area contributed by atoms with Gasteiger partial charge >= 0.3 is 19.8 Å². The van der Waals surface area contributed by atoms with Crippen molar-refractivity contribution in [1.29, 1.82) is 0 Å². The van der Waals surface area contributed by atoms with Gasteiger partial charge in [0, 0.05) is 12.8 Å². The summed E-state index contributed by atoms with van der Waals surface area (Å²) in [5, 5.41) is 0. The summed E-state index contributed by atoms with van der Waals surface area (Å²) in [6.45, 7) is 8.38. The van der Waals surface area contributed by atoms with Crippen molar-refractivity contribution in [2.24, 2.45) is 11.8 Å². The molecule has 0 heterocycles. The highest BCUT2D eigenvalue weighted by atomic mass is 31.2. The average Bonchev–Trinajstić information content (AvgIpc) is 3.08. The second-order valence-electron chi connectivity index (χ2n) is 15.2. The van der Waals surface area contributed by atoms with Gasteiger partial charge in [-0.2, -0.15) is 0 Å². The van der Waals surface area contributed by atoms with Crippen LogP contribution in [0, 0.1) is 11.8 Å². The SMILES string of the molecule is CCC(C)CCCCCCCCCCCCCCCCCCCCC(=O)O[C@H](COC(=O)CCCCCCCCC(C)CC)COP(=O)(O)O. The van der Waals surface area contributed by atoms with Crippen molar-refractivity contribution in [3.05, 3.63) is 0 Å². The van der Waals surface area contributed by atoms with E-state index in [1.54, 1.807) is 0 Å². The van der Waals surface area contributed by atoms with Crippen molar-refractivity contribution in [3.8, 4) is 0 Å². The van der Waals surface area contributed by atoms with E-state index in [-0.39, 0.29) is 19.4 Å². The summed E-state index contributed by atoms with van der Waals surface area (Å²) in [6, 6.07) is 0. The minimum absolute atomic E-state index is 0.218. The first-order chi connectivity index (χ1) is 24.1. The number of rotatable bonds is 38. The average molecular weight is 733 g/mol. The molecule has 50 heavy (non-hydrogen) atoms. The monoisotopic (exact) mass is 733 g/mol. The molecule has 0 aromatic rings. The van der Waals surface area contributed by atoms with Crippen molar-refractivity contribution in [2.45, 2.75) is 226 Å². The Kier molecular flexibility index (Phi) is 34.4. The molecule has 8 nitrogen and oxygen atoms in total. The van der Waals surface area contributed by atoms with Crippen LogP contribution >= 0.6 is 7.82 Å². The first-order valence-corrected chi connectivity index (χ1v) is 22.7. The predicted octanol–water partition coefficient (Wildman–Crippen LogP) is 12.6. The highest BCUT2D eigenvalue weighted by Gasteiger charge is 2.23. The van der Waals surface area contributed by atoms with Gasteiger partial charge in [0.1, 0.15) is 6.61 Å². The van der Waals surface area contributed by atoms with Crippen molar-refractivity contribution >= 4 is 19.8 Å². The maximum atomic E-state index is 12.4. The Morgan fingerprint density at radius 1 is 0.500 bits per heavy atom. The topological polar surface area (TPSA) is 119 Å².